The molecule has 0 spiro atoms. The molecule has 0 amide bonds. The number of ether oxygens (including phenoxy) is 1. The zero-order valence-corrected chi connectivity index (χ0v) is 17.8. The second kappa shape index (κ2) is 9.51. The van der Waals surface area contributed by atoms with Crippen LogP contribution in [-0.4, -0.2) is 17.7 Å². The van der Waals surface area contributed by atoms with Gasteiger partial charge in [0.1, 0.15) is 17.3 Å². The summed E-state index contributed by atoms with van der Waals surface area (Å²) in [5, 5.41) is 8.85. The molecule has 1 heterocycles. The lowest BCUT2D eigenvalue weighted by atomic mass is 10.1. The lowest BCUT2D eigenvalue weighted by molar-refractivity contribution is -0.139. The number of benzene rings is 2. The molecular formula is C23H21F3O4S. The smallest absolute Gasteiger partial charge is 0.416 e. The van der Waals surface area contributed by atoms with E-state index >= 15 is 0 Å². The fraction of sp³-hybridized carbons (Fsp3) is 0.261. The summed E-state index contributed by atoms with van der Waals surface area (Å²) in [5.41, 5.74) is 1.73. The van der Waals surface area contributed by atoms with Crippen molar-refractivity contribution in [3.8, 4) is 17.1 Å². The first kappa shape index (κ1) is 22.8. The number of carbonyl (C=O) groups is 1. The molecule has 0 unspecified atom stereocenters. The zero-order valence-electron chi connectivity index (χ0n) is 17.0. The Labute approximate surface area is 182 Å². The summed E-state index contributed by atoms with van der Waals surface area (Å²) in [6, 6.07) is 12.2. The van der Waals surface area contributed by atoms with Crippen molar-refractivity contribution in [1.82, 2.24) is 0 Å². The van der Waals surface area contributed by atoms with E-state index in [4.69, 9.17) is 14.3 Å². The van der Waals surface area contributed by atoms with Gasteiger partial charge in [0.05, 0.1) is 5.56 Å². The van der Waals surface area contributed by atoms with Crippen molar-refractivity contribution in [3.05, 3.63) is 71.0 Å². The Hall–Kier alpha value is -2.87. The fourth-order valence-corrected chi connectivity index (χ4v) is 4.28. The fourth-order valence-electron chi connectivity index (χ4n) is 3.09. The molecule has 0 fully saturated rings. The Balaban J connectivity index is 1.76. The number of aryl methyl sites for hydroxylation is 1. The molecule has 4 nitrogen and oxygen atoms in total. The molecule has 3 rings (SSSR count). The molecule has 0 bridgehead atoms. The number of thioether (sulfide) groups is 1. The van der Waals surface area contributed by atoms with Gasteiger partial charge < -0.3 is 14.3 Å². The summed E-state index contributed by atoms with van der Waals surface area (Å²) >= 11 is 1.57. The Morgan fingerprint density at radius 1 is 1.16 bits per heavy atom. The van der Waals surface area contributed by atoms with Crippen molar-refractivity contribution >= 4 is 17.7 Å². The number of hydrogen-bond acceptors (Lipinski definition) is 4. The molecule has 0 saturated heterocycles. The van der Waals surface area contributed by atoms with Gasteiger partial charge in [0.25, 0.3) is 0 Å². The molecule has 31 heavy (non-hydrogen) atoms. The van der Waals surface area contributed by atoms with E-state index in [0.717, 1.165) is 28.2 Å². The highest BCUT2D eigenvalue weighted by Crippen LogP contribution is 2.36. The number of carboxylic acid groups (broad SMARTS) is 1. The van der Waals surface area contributed by atoms with Crippen LogP contribution in [0.4, 0.5) is 13.2 Å². The molecule has 0 aliphatic heterocycles. The van der Waals surface area contributed by atoms with Crippen LogP contribution >= 0.6 is 11.8 Å². The molecule has 164 valence electrons. The normalized spacial score (nSPS) is 11.5. The van der Waals surface area contributed by atoms with Gasteiger partial charge in [0.2, 0.25) is 0 Å². The minimum Gasteiger partial charge on any atom is -0.482 e. The quantitative estimate of drug-likeness (QED) is 0.392. The third-order valence-electron chi connectivity index (χ3n) is 4.70. The van der Waals surface area contributed by atoms with Gasteiger partial charge in [-0.2, -0.15) is 13.2 Å². The Kier molecular flexibility index (Phi) is 7.00. The minimum absolute atomic E-state index is 0.404. The molecule has 0 aliphatic rings. The lowest BCUT2D eigenvalue weighted by Gasteiger charge is -2.13. The van der Waals surface area contributed by atoms with Gasteiger partial charge >= 0.3 is 12.1 Å². The summed E-state index contributed by atoms with van der Waals surface area (Å²) in [7, 11) is 0. The molecule has 8 heteroatoms. The van der Waals surface area contributed by atoms with Gasteiger partial charge in [-0.05, 0) is 43.7 Å². The minimum atomic E-state index is -4.38. The number of hydrogen-bond donors (Lipinski definition) is 1. The third kappa shape index (κ3) is 5.64. The van der Waals surface area contributed by atoms with E-state index in [1.807, 2.05) is 32.0 Å². The van der Waals surface area contributed by atoms with Crippen LogP contribution in [0.1, 0.15) is 29.4 Å². The summed E-state index contributed by atoms with van der Waals surface area (Å²) < 4.78 is 49.5. The first-order valence-electron chi connectivity index (χ1n) is 9.55. The predicted octanol–water partition coefficient (Wildman–Crippen LogP) is 6.59. The van der Waals surface area contributed by atoms with Crippen LogP contribution in [-0.2, 0) is 23.1 Å². The molecule has 0 saturated carbocycles. The van der Waals surface area contributed by atoms with Crippen molar-refractivity contribution in [2.24, 2.45) is 0 Å². The van der Waals surface area contributed by atoms with E-state index in [1.54, 1.807) is 17.8 Å². The molecule has 1 aromatic heterocycles. The molecule has 3 aromatic rings. The number of furan rings is 1. The maximum Gasteiger partial charge on any atom is 0.416 e. The average molecular weight is 450 g/mol. The average Bonchev–Trinajstić information content (AvgIpc) is 3.10. The van der Waals surface area contributed by atoms with E-state index < -0.39 is 24.3 Å². The van der Waals surface area contributed by atoms with Gasteiger partial charge in [-0.1, -0.05) is 25.1 Å². The summed E-state index contributed by atoms with van der Waals surface area (Å²) in [4.78, 5) is 11.8. The summed E-state index contributed by atoms with van der Waals surface area (Å²) in [5.74, 6) is 1.30. The van der Waals surface area contributed by atoms with Gasteiger partial charge in [-0.25, -0.2) is 4.79 Å². The van der Waals surface area contributed by atoms with Gasteiger partial charge in [0, 0.05) is 27.3 Å². The van der Waals surface area contributed by atoms with Crippen molar-refractivity contribution in [3.63, 3.8) is 0 Å². The van der Waals surface area contributed by atoms with Crippen LogP contribution < -0.4 is 4.74 Å². The van der Waals surface area contributed by atoms with Crippen LogP contribution in [0.2, 0.25) is 0 Å². The standard InChI is InChI=1S/C23H21F3O4S/c1-3-18-19(29-12-22(27)28)5-4-6-21(18)31-13-16-11-20(30-14(16)2)15-7-9-17(10-8-15)23(24,25)26/h4-11H,3,12-13H2,1-2H3,(H,27,28). The number of carboxylic acids is 1. The Morgan fingerprint density at radius 2 is 1.87 bits per heavy atom. The lowest BCUT2D eigenvalue weighted by Crippen LogP contribution is -2.10. The number of aliphatic carboxylic acids is 1. The van der Waals surface area contributed by atoms with E-state index in [1.165, 1.54) is 12.1 Å². The highest BCUT2D eigenvalue weighted by molar-refractivity contribution is 7.98. The SMILES string of the molecule is CCc1c(OCC(=O)O)cccc1SCc1cc(-c2ccc(C(F)(F)F)cc2)oc1C. The first-order chi connectivity index (χ1) is 14.7. The Morgan fingerprint density at radius 3 is 2.48 bits per heavy atom. The highest BCUT2D eigenvalue weighted by atomic mass is 32.2. The van der Waals surface area contributed by atoms with Crippen molar-refractivity contribution in [2.75, 3.05) is 6.61 Å². The van der Waals surface area contributed by atoms with Crippen molar-refractivity contribution in [2.45, 2.75) is 37.1 Å². The topological polar surface area (TPSA) is 59.7 Å². The van der Waals surface area contributed by atoms with Crippen LogP contribution in [0.25, 0.3) is 11.3 Å². The maximum absolute atomic E-state index is 12.8. The van der Waals surface area contributed by atoms with Crippen molar-refractivity contribution in [1.29, 1.82) is 0 Å². The molecule has 0 aliphatic carbocycles. The molecule has 0 radical (unpaired) electrons. The van der Waals surface area contributed by atoms with Gasteiger partial charge in [-0.15, -0.1) is 11.8 Å². The molecule has 2 aromatic carbocycles. The van der Waals surface area contributed by atoms with Crippen LogP contribution in [0.5, 0.6) is 5.75 Å². The second-order valence-corrected chi connectivity index (χ2v) is 7.84. The van der Waals surface area contributed by atoms with E-state index in [-0.39, 0.29) is 0 Å². The van der Waals surface area contributed by atoms with Crippen LogP contribution in [0, 0.1) is 6.92 Å². The van der Waals surface area contributed by atoms with E-state index in [0.29, 0.717) is 35.0 Å². The van der Waals surface area contributed by atoms with E-state index in [9.17, 15) is 18.0 Å². The third-order valence-corrected chi connectivity index (χ3v) is 5.84. The number of alkyl halides is 3. The van der Waals surface area contributed by atoms with Crippen molar-refractivity contribution < 1.29 is 32.2 Å². The molecule has 0 atom stereocenters. The molecular weight excluding hydrogens is 429 g/mol. The maximum atomic E-state index is 12.8. The zero-order chi connectivity index (χ0) is 22.6. The largest absolute Gasteiger partial charge is 0.482 e. The highest BCUT2D eigenvalue weighted by Gasteiger charge is 2.30. The van der Waals surface area contributed by atoms with E-state index in [2.05, 4.69) is 0 Å². The number of halogens is 3. The van der Waals surface area contributed by atoms with Gasteiger partial charge in [-0.3, -0.25) is 0 Å². The second-order valence-electron chi connectivity index (χ2n) is 6.82. The molecule has 1 N–H and O–H groups in total. The summed E-state index contributed by atoms with van der Waals surface area (Å²) in [6.45, 7) is 3.38. The van der Waals surface area contributed by atoms with Crippen LogP contribution in [0.15, 0.2) is 57.8 Å². The first-order valence-corrected chi connectivity index (χ1v) is 10.5. The predicted molar refractivity (Wildman–Crippen MR) is 112 cm³/mol. The monoisotopic (exact) mass is 450 g/mol. The number of rotatable bonds is 8. The van der Waals surface area contributed by atoms with Gasteiger partial charge in [0.15, 0.2) is 6.61 Å². The van der Waals surface area contributed by atoms with Crippen LogP contribution in [0.3, 0.4) is 0 Å². The summed E-state index contributed by atoms with van der Waals surface area (Å²) in [6.07, 6.45) is -3.70. The Bertz CT molecular complexity index is 1060.